The number of anilines is 2. The molecule has 6 heteroatoms. The molecule has 1 aliphatic rings. The summed E-state index contributed by atoms with van der Waals surface area (Å²) in [5.41, 5.74) is 2.46. The van der Waals surface area contributed by atoms with Crippen molar-refractivity contribution in [1.29, 1.82) is 0 Å². The number of amides is 2. The highest BCUT2D eigenvalue weighted by Gasteiger charge is 2.22. The molecule has 0 unspecified atom stereocenters. The van der Waals surface area contributed by atoms with Crippen LogP contribution in [0.25, 0.3) is 0 Å². The first-order valence-corrected chi connectivity index (χ1v) is 8.50. The van der Waals surface area contributed by atoms with E-state index in [2.05, 4.69) is 16.8 Å². The molecule has 0 N–H and O–H groups in total. The Bertz CT molecular complexity index is 727. The van der Waals surface area contributed by atoms with Gasteiger partial charge in [0.15, 0.2) is 0 Å². The van der Waals surface area contributed by atoms with E-state index >= 15 is 0 Å². The maximum atomic E-state index is 12.7. The predicted octanol–water partition coefficient (Wildman–Crippen LogP) is 2.15. The lowest BCUT2D eigenvalue weighted by atomic mass is 10.2. The number of rotatable bonds is 5. The number of hydrogen-bond acceptors (Lipinski definition) is 4. The van der Waals surface area contributed by atoms with E-state index in [1.807, 2.05) is 42.5 Å². The van der Waals surface area contributed by atoms with Gasteiger partial charge in [-0.3, -0.25) is 14.6 Å². The maximum absolute atomic E-state index is 12.7. The summed E-state index contributed by atoms with van der Waals surface area (Å²) >= 11 is 0. The van der Waals surface area contributed by atoms with Crippen LogP contribution in [-0.2, 0) is 4.79 Å². The molecule has 1 aromatic heterocycles. The Morgan fingerprint density at radius 1 is 1.12 bits per heavy atom. The van der Waals surface area contributed by atoms with Crippen LogP contribution < -0.4 is 4.90 Å². The van der Waals surface area contributed by atoms with Crippen LogP contribution in [0.1, 0.15) is 17.4 Å². The van der Waals surface area contributed by atoms with E-state index in [0.717, 1.165) is 24.3 Å². The summed E-state index contributed by atoms with van der Waals surface area (Å²) < 4.78 is 0. The molecule has 1 saturated heterocycles. The molecule has 1 aliphatic heterocycles. The van der Waals surface area contributed by atoms with Crippen molar-refractivity contribution in [2.45, 2.75) is 6.92 Å². The van der Waals surface area contributed by atoms with Gasteiger partial charge in [0, 0.05) is 50.3 Å². The van der Waals surface area contributed by atoms with Crippen molar-refractivity contribution < 1.29 is 9.59 Å². The van der Waals surface area contributed by atoms with E-state index in [0.29, 0.717) is 31.9 Å². The average molecular weight is 338 g/mol. The summed E-state index contributed by atoms with van der Waals surface area (Å²) in [5, 5.41) is 0. The molecule has 2 heterocycles. The third-order valence-electron chi connectivity index (χ3n) is 4.41. The lowest BCUT2D eigenvalue weighted by Crippen LogP contribution is -2.48. The van der Waals surface area contributed by atoms with Crippen LogP contribution in [0.5, 0.6) is 0 Å². The number of carbonyl (C=O) groups is 2. The topological polar surface area (TPSA) is 56.8 Å². The minimum Gasteiger partial charge on any atom is -0.342 e. The average Bonchev–Trinajstić information content (AvgIpc) is 2.69. The minimum atomic E-state index is -0.0866. The predicted molar refractivity (Wildman–Crippen MR) is 96.9 cm³/mol. The van der Waals surface area contributed by atoms with Gasteiger partial charge in [0.1, 0.15) is 5.69 Å². The quantitative estimate of drug-likeness (QED) is 0.784. The van der Waals surface area contributed by atoms with Gasteiger partial charge in [0.2, 0.25) is 6.41 Å². The Balaban J connectivity index is 1.79. The van der Waals surface area contributed by atoms with Gasteiger partial charge in [-0.1, -0.05) is 18.2 Å². The molecule has 6 nitrogen and oxygen atoms in total. The van der Waals surface area contributed by atoms with Gasteiger partial charge in [0.25, 0.3) is 5.91 Å². The number of nitrogens with zero attached hydrogens (tertiary/aromatic N) is 4. The first kappa shape index (κ1) is 17.0. The summed E-state index contributed by atoms with van der Waals surface area (Å²) in [7, 11) is 0. The molecule has 0 saturated carbocycles. The molecule has 0 bridgehead atoms. The number of carbonyl (C=O) groups excluding carboxylic acids is 2. The summed E-state index contributed by atoms with van der Waals surface area (Å²) in [6.45, 7) is 5.09. The van der Waals surface area contributed by atoms with Crippen molar-refractivity contribution in [3.63, 3.8) is 0 Å². The molecule has 3 rings (SSSR count). The van der Waals surface area contributed by atoms with Crippen LogP contribution in [0, 0.1) is 0 Å². The molecule has 0 atom stereocenters. The zero-order valence-corrected chi connectivity index (χ0v) is 14.3. The van der Waals surface area contributed by atoms with Crippen LogP contribution in [-0.4, -0.2) is 59.8 Å². The third-order valence-corrected chi connectivity index (χ3v) is 4.41. The number of aromatic nitrogens is 1. The molecule has 25 heavy (non-hydrogen) atoms. The van der Waals surface area contributed by atoms with Gasteiger partial charge < -0.3 is 14.7 Å². The first-order valence-electron chi connectivity index (χ1n) is 8.50. The molecule has 130 valence electrons. The molecule has 1 fully saturated rings. The number of pyridine rings is 1. The molecular formula is C19H22N4O2. The van der Waals surface area contributed by atoms with Crippen LogP contribution in [0.3, 0.4) is 0 Å². The highest BCUT2D eigenvalue weighted by molar-refractivity contribution is 5.93. The molecule has 0 radical (unpaired) electrons. The van der Waals surface area contributed by atoms with E-state index in [1.165, 1.54) is 0 Å². The Labute approximate surface area is 147 Å². The molecular weight excluding hydrogens is 316 g/mol. The molecule has 2 aromatic rings. The fourth-order valence-electron chi connectivity index (χ4n) is 3.02. The summed E-state index contributed by atoms with van der Waals surface area (Å²) in [6.07, 6.45) is 2.51. The van der Waals surface area contributed by atoms with Gasteiger partial charge in [-0.25, -0.2) is 0 Å². The van der Waals surface area contributed by atoms with Crippen molar-refractivity contribution in [2.24, 2.45) is 0 Å². The van der Waals surface area contributed by atoms with E-state index in [9.17, 15) is 9.59 Å². The van der Waals surface area contributed by atoms with E-state index in [1.54, 1.807) is 16.0 Å². The first-order chi connectivity index (χ1) is 12.2. The van der Waals surface area contributed by atoms with E-state index < -0.39 is 0 Å². The standard InChI is InChI=1S/C19H22N4O2/c1-2-23(16-6-4-3-5-7-16)17-8-9-20-18(14-17)19(25)22-12-10-21(15-24)11-13-22/h3-9,14-15H,2,10-13H2,1H3. The van der Waals surface area contributed by atoms with Crippen LogP contribution in [0.15, 0.2) is 48.7 Å². The van der Waals surface area contributed by atoms with Gasteiger partial charge in [0.05, 0.1) is 0 Å². The van der Waals surface area contributed by atoms with Crippen molar-refractivity contribution in [1.82, 2.24) is 14.8 Å². The Morgan fingerprint density at radius 2 is 1.84 bits per heavy atom. The van der Waals surface area contributed by atoms with Gasteiger partial charge in [-0.2, -0.15) is 0 Å². The lowest BCUT2D eigenvalue weighted by molar-refractivity contribution is -0.119. The fourth-order valence-corrected chi connectivity index (χ4v) is 3.02. The number of piperazine rings is 1. The van der Waals surface area contributed by atoms with Crippen LogP contribution in [0.2, 0.25) is 0 Å². The second kappa shape index (κ2) is 7.79. The zero-order valence-electron chi connectivity index (χ0n) is 14.3. The van der Waals surface area contributed by atoms with Gasteiger partial charge in [-0.15, -0.1) is 0 Å². The van der Waals surface area contributed by atoms with Crippen molar-refractivity contribution in [3.8, 4) is 0 Å². The minimum absolute atomic E-state index is 0.0866. The number of benzene rings is 1. The number of para-hydroxylation sites is 1. The molecule has 2 amide bonds. The van der Waals surface area contributed by atoms with Crippen LogP contribution in [0.4, 0.5) is 11.4 Å². The van der Waals surface area contributed by atoms with Crippen molar-refractivity contribution in [2.75, 3.05) is 37.6 Å². The van der Waals surface area contributed by atoms with Gasteiger partial charge in [-0.05, 0) is 31.2 Å². The zero-order chi connectivity index (χ0) is 17.6. The Hall–Kier alpha value is -2.89. The van der Waals surface area contributed by atoms with Crippen LogP contribution >= 0.6 is 0 Å². The molecule has 0 aliphatic carbocycles. The Kier molecular flexibility index (Phi) is 5.28. The summed E-state index contributed by atoms with van der Waals surface area (Å²) in [6, 6.07) is 13.8. The van der Waals surface area contributed by atoms with Crippen molar-refractivity contribution in [3.05, 3.63) is 54.4 Å². The third kappa shape index (κ3) is 3.79. The Morgan fingerprint density at radius 3 is 2.48 bits per heavy atom. The smallest absolute Gasteiger partial charge is 0.272 e. The summed E-state index contributed by atoms with van der Waals surface area (Å²) in [4.78, 5) is 33.4. The number of hydrogen-bond donors (Lipinski definition) is 0. The fraction of sp³-hybridized carbons (Fsp3) is 0.316. The molecule has 1 aromatic carbocycles. The largest absolute Gasteiger partial charge is 0.342 e. The van der Waals surface area contributed by atoms with Gasteiger partial charge >= 0.3 is 0 Å². The SMILES string of the molecule is CCN(c1ccccc1)c1ccnc(C(=O)N2CCN(C=O)CC2)c1. The second-order valence-electron chi connectivity index (χ2n) is 5.91. The van der Waals surface area contributed by atoms with E-state index in [4.69, 9.17) is 0 Å². The lowest BCUT2D eigenvalue weighted by Gasteiger charge is -2.32. The molecule has 0 spiro atoms. The maximum Gasteiger partial charge on any atom is 0.272 e. The van der Waals surface area contributed by atoms with Crippen molar-refractivity contribution >= 4 is 23.7 Å². The summed E-state index contributed by atoms with van der Waals surface area (Å²) in [5.74, 6) is -0.0866. The second-order valence-corrected chi connectivity index (χ2v) is 5.91. The van der Waals surface area contributed by atoms with E-state index in [-0.39, 0.29) is 5.91 Å². The highest BCUT2D eigenvalue weighted by Crippen LogP contribution is 2.25. The normalized spacial score (nSPS) is 14.3. The highest BCUT2D eigenvalue weighted by atomic mass is 16.2. The monoisotopic (exact) mass is 338 g/mol.